The predicted octanol–water partition coefficient (Wildman–Crippen LogP) is 10.7. The Kier molecular flexibility index (Phi) is 15.5. The minimum atomic E-state index is -0.771. The van der Waals surface area contributed by atoms with Crippen molar-refractivity contribution in [2.45, 2.75) is 110 Å². The smallest absolute Gasteiger partial charge is 0.346 e. The molecule has 0 saturated carbocycles. The monoisotopic (exact) mass is 604 g/mol. The van der Waals surface area contributed by atoms with Crippen LogP contribution in [0, 0.1) is 5.82 Å². The zero-order chi connectivity index (χ0) is 31.6. The molecule has 0 N–H and O–H groups in total. The molecule has 0 aliphatic carbocycles. The van der Waals surface area contributed by atoms with E-state index in [9.17, 15) is 14.0 Å². The zero-order valence-electron chi connectivity index (χ0n) is 26.7. The van der Waals surface area contributed by atoms with Gasteiger partial charge in [-0.2, -0.15) is 0 Å². The highest BCUT2D eigenvalue weighted by atomic mass is 19.1. The van der Waals surface area contributed by atoms with Crippen LogP contribution in [0.15, 0.2) is 66.7 Å². The molecule has 1 atom stereocenters. The van der Waals surface area contributed by atoms with Gasteiger partial charge < -0.3 is 14.2 Å². The molecule has 6 heteroatoms. The molecule has 3 aromatic rings. The minimum Gasteiger partial charge on any atom is -0.493 e. The second kappa shape index (κ2) is 19.6. The lowest BCUT2D eigenvalue weighted by Gasteiger charge is -2.13. The number of unbranched alkanes of at least 4 members (excludes halogenated alkanes) is 10. The SMILES string of the molecule is CCCCCCCCCCOc1ccc(C(=O)Oc2ccc(-c3ccc(C(=O)OC(C)CCCCCC)cc3)cc2)c(F)c1. The van der Waals surface area contributed by atoms with Crippen LogP contribution in [0.1, 0.15) is 125 Å². The lowest BCUT2D eigenvalue weighted by atomic mass is 10.0. The first-order valence-corrected chi connectivity index (χ1v) is 16.5. The van der Waals surface area contributed by atoms with E-state index >= 15 is 0 Å². The summed E-state index contributed by atoms with van der Waals surface area (Å²) in [5.41, 5.74) is 2.15. The summed E-state index contributed by atoms with van der Waals surface area (Å²) >= 11 is 0. The van der Waals surface area contributed by atoms with Crippen LogP contribution >= 0.6 is 0 Å². The van der Waals surface area contributed by atoms with Crippen molar-refractivity contribution in [1.29, 1.82) is 0 Å². The third-order valence-electron chi connectivity index (χ3n) is 7.72. The molecule has 1 unspecified atom stereocenters. The van der Waals surface area contributed by atoms with Crippen LogP contribution in [-0.2, 0) is 4.74 Å². The molecule has 5 nitrogen and oxygen atoms in total. The van der Waals surface area contributed by atoms with Crippen LogP contribution in [0.2, 0.25) is 0 Å². The summed E-state index contributed by atoms with van der Waals surface area (Å²) in [4.78, 5) is 25.2. The zero-order valence-corrected chi connectivity index (χ0v) is 26.7. The van der Waals surface area contributed by atoms with Gasteiger partial charge in [0.2, 0.25) is 0 Å². The summed E-state index contributed by atoms with van der Waals surface area (Å²) in [6.07, 6.45) is 15.0. The molecule has 0 saturated heterocycles. The lowest BCUT2D eigenvalue weighted by molar-refractivity contribution is 0.0319. The Morgan fingerprint density at radius 1 is 0.659 bits per heavy atom. The quantitative estimate of drug-likeness (QED) is 0.0729. The first-order valence-electron chi connectivity index (χ1n) is 16.5. The fourth-order valence-corrected chi connectivity index (χ4v) is 5.02. The normalized spacial score (nSPS) is 11.6. The van der Waals surface area contributed by atoms with E-state index in [2.05, 4.69) is 13.8 Å². The molecular formula is C38H49FO5. The van der Waals surface area contributed by atoms with Gasteiger partial charge in [0.25, 0.3) is 0 Å². The molecule has 0 aromatic heterocycles. The molecule has 0 aliphatic rings. The Morgan fingerprint density at radius 3 is 1.82 bits per heavy atom. The average molecular weight is 605 g/mol. The number of esters is 2. The van der Waals surface area contributed by atoms with Gasteiger partial charge in [-0.05, 0) is 73.7 Å². The molecule has 3 rings (SSSR count). The number of ether oxygens (including phenoxy) is 3. The standard InChI is InChI=1S/C38H49FO5/c1-4-6-8-10-11-12-13-15-27-42-34-25-26-35(36(39)28-34)38(41)44-33-23-21-31(22-24-33)30-17-19-32(20-18-30)37(40)43-29(3)16-14-9-7-5-2/h17-26,28-29H,4-16,27H2,1-3H3. The second-order valence-corrected chi connectivity index (χ2v) is 11.5. The number of hydrogen-bond acceptors (Lipinski definition) is 5. The van der Waals surface area contributed by atoms with Gasteiger partial charge >= 0.3 is 11.9 Å². The molecular weight excluding hydrogens is 555 g/mol. The fraction of sp³-hybridized carbons (Fsp3) is 0.474. The van der Waals surface area contributed by atoms with E-state index in [1.807, 2.05) is 31.2 Å². The van der Waals surface area contributed by atoms with Crippen molar-refractivity contribution in [3.8, 4) is 22.6 Å². The molecule has 0 radical (unpaired) electrons. The number of rotatable bonds is 20. The largest absolute Gasteiger partial charge is 0.493 e. The van der Waals surface area contributed by atoms with Gasteiger partial charge in [-0.15, -0.1) is 0 Å². The molecule has 0 spiro atoms. The first-order chi connectivity index (χ1) is 21.4. The maximum Gasteiger partial charge on any atom is 0.346 e. The van der Waals surface area contributed by atoms with Gasteiger partial charge in [0.1, 0.15) is 17.3 Å². The van der Waals surface area contributed by atoms with Crippen molar-refractivity contribution in [3.05, 3.63) is 83.7 Å². The van der Waals surface area contributed by atoms with Crippen molar-refractivity contribution >= 4 is 11.9 Å². The Balaban J connectivity index is 1.44. The minimum absolute atomic E-state index is 0.112. The first kappa shape index (κ1) is 34.8. The lowest BCUT2D eigenvalue weighted by Crippen LogP contribution is -2.15. The Morgan fingerprint density at radius 2 is 1.20 bits per heavy atom. The highest BCUT2D eigenvalue weighted by Gasteiger charge is 2.16. The summed E-state index contributed by atoms with van der Waals surface area (Å²) in [5, 5.41) is 0. The van der Waals surface area contributed by atoms with Gasteiger partial charge in [-0.1, -0.05) is 102 Å². The van der Waals surface area contributed by atoms with E-state index in [0.29, 0.717) is 23.7 Å². The summed E-state index contributed by atoms with van der Waals surface area (Å²) in [7, 11) is 0. The fourth-order valence-electron chi connectivity index (χ4n) is 5.02. The van der Waals surface area contributed by atoms with Crippen molar-refractivity contribution in [2.75, 3.05) is 6.61 Å². The number of halogens is 1. The van der Waals surface area contributed by atoms with Gasteiger partial charge in [0.05, 0.1) is 23.8 Å². The van der Waals surface area contributed by atoms with Crippen LogP contribution in [-0.4, -0.2) is 24.6 Å². The van der Waals surface area contributed by atoms with Gasteiger partial charge in [0, 0.05) is 6.07 Å². The van der Waals surface area contributed by atoms with Crippen molar-refractivity contribution in [2.24, 2.45) is 0 Å². The predicted molar refractivity (Wildman–Crippen MR) is 175 cm³/mol. The molecule has 0 aliphatic heterocycles. The van der Waals surface area contributed by atoms with Gasteiger partial charge in [-0.3, -0.25) is 0 Å². The molecule has 0 bridgehead atoms. The number of hydrogen-bond donors (Lipinski definition) is 0. The van der Waals surface area contributed by atoms with Gasteiger partial charge in [0.15, 0.2) is 0 Å². The van der Waals surface area contributed by atoms with Crippen LogP contribution in [0.25, 0.3) is 11.1 Å². The van der Waals surface area contributed by atoms with Crippen LogP contribution in [0.3, 0.4) is 0 Å². The van der Waals surface area contributed by atoms with Crippen LogP contribution < -0.4 is 9.47 Å². The highest BCUT2D eigenvalue weighted by Crippen LogP contribution is 2.25. The molecule has 0 amide bonds. The van der Waals surface area contributed by atoms with Crippen molar-refractivity contribution in [1.82, 2.24) is 0 Å². The second-order valence-electron chi connectivity index (χ2n) is 11.5. The molecule has 44 heavy (non-hydrogen) atoms. The van der Waals surface area contributed by atoms with E-state index in [1.54, 1.807) is 30.3 Å². The van der Waals surface area contributed by atoms with E-state index in [-0.39, 0.29) is 17.6 Å². The molecule has 238 valence electrons. The average Bonchev–Trinajstić information content (AvgIpc) is 3.03. The Bertz CT molecular complexity index is 1270. The highest BCUT2D eigenvalue weighted by molar-refractivity contribution is 5.92. The molecule has 3 aromatic carbocycles. The van der Waals surface area contributed by atoms with Gasteiger partial charge in [-0.25, -0.2) is 14.0 Å². The van der Waals surface area contributed by atoms with E-state index in [4.69, 9.17) is 14.2 Å². The summed E-state index contributed by atoms with van der Waals surface area (Å²) in [5.74, 6) is -1.06. The number of carbonyl (C=O) groups is 2. The van der Waals surface area contributed by atoms with E-state index < -0.39 is 11.8 Å². The summed E-state index contributed by atoms with van der Waals surface area (Å²) in [6, 6.07) is 18.4. The van der Waals surface area contributed by atoms with Crippen molar-refractivity contribution < 1.29 is 28.2 Å². The molecule has 0 heterocycles. The topological polar surface area (TPSA) is 61.8 Å². The van der Waals surface area contributed by atoms with Crippen LogP contribution in [0.4, 0.5) is 4.39 Å². The summed E-state index contributed by atoms with van der Waals surface area (Å²) in [6.45, 7) is 6.85. The third-order valence-corrected chi connectivity index (χ3v) is 7.72. The van der Waals surface area contributed by atoms with E-state index in [0.717, 1.165) is 43.2 Å². The Hall–Kier alpha value is -3.67. The molecule has 0 fully saturated rings. The number of benzene rings is 3. The Labute approximate surface area is 263 Å². The maximum atomic E-state index is 14.7. The maximum absolute atomic E-state index is 14.7. The third kappa shape index (κ3) is 12.1. The van der Waals surface area contributed by atoms with E-state index in [1.165, 1.54) is 63.5 Å². The number of carbonyl (C=O) groups excluding carboxylic acids is 2. The van der Waals surface area contributed by atoms with Crippen LogP contribution in [0.5, 0.6) is 11.5 Å². The summed E-state index contributed by atoms with van der Waals surface area (Å²) < 4.78 is 31.4. The van der Waals surface area contributed by atoms with Crippen molar-refractivity contribution in [3.63, 3.8) is 0 Å².